The van der Waals surface area contributed by atoms with Gasteiger partial charge in [0.1, 0.15) is 0 Å². The molecular formula is C16H22N2S. The summed E-state index contributed by atoms with van der Waals surface area (Å²) in [5.74, 6) is 0.865. The molecule has 3 heteroatoms. The zero-order chi connectivity index (χ0) is 13.1. The van der Waals surface area contributed by atoms with Crippen molar-refractivity contribution in [1.82, 2.24) is 9.88 Å². The molecule has 1 atom stereocenters. The van der Waals surface area contributed by atoms with E-state index < -0.39 is 0 Å². The highest BCUT2D eigenvalue weighted by atomic mass is 32.1. The van der Waals surface area contributed by atoms with Crippen molar-refractivity contribution in [3.8, 4) is 0 Å². The fraction of sp³-hybridized carbons (Fsp3) is 0.500. The van der Waals surface area contributed by atoms with Crippen molar-refractivity contribution in [1.29, 1.82) is 0 Å². The Morgan fingerprint density at radius 2 is 2.32 bits per heavy atom. The summed E-state index contributed by atoms with van der Waals surface area (Å²) in [6, 6.07) is 7.20. The van der Waals surface area contributed by atoms with Crippen LogP contribution in [0.4, 0.5) is 0 Å². The summed E-state index contributed by atoms with van der Waals surface area (Å²) in [6.45, 7) is 4.36. The van der Waals surface area contributed by atoms with Crippen molar-refractivity contribution in [3.63, 3.8) is 0 Å². The number of nitrogens with one attached hydrogen (secondary N) is 1. The monoisotopic (exact) mass is 274 g/mol. The average molecular weight is 274 g/mol. The lowest BCUT2D eigenvalue weighted by Gasteiger charge is -2.16. The Morgan fingerprint density at radius 1 is 1.42 bits per heavy atom. The standard InChI is InChI=1S/C16H22N2S/c1-2-8-17-16(13-5-6-13)14-7-9-18(11-14)12-15-4-3-10-19-15/h3-4,7,9-11,13,16-17H,2,5-6,8,12H2,1H3. The predicted molar refractivity (Wildman–Crippen MR) is 81.6 cm³/mol. The van der Waals surface area contributed by atoms with Crippen LogP contribution in [0.1, 0.15) is 42.7 Å². The van der Waals surface area contributed by atoms with Gasteiger partial charge in [0.2, 0.25) is 0 Å². The third kappa shape index (κ3) is 3.28. The molecule has 2 aromatic heterocycles. The van der Waals surface area contributed by atoms with Gasteiger partial charge < -0.3 is 9.88 Å². The van der Waals surface area contributed by atoms with Crippen molar-refractivity contribution in [2.75, 3.05) is 6.54 Å². The van der Waals surface area contributed by atoms with Gasteiger partial charge in [-0.1, -0.05) is 13.0 Å². The number of hydrogen-bond acceptors (Lipinski definition) is 2. The summed E-state index contributed by atoms with van der Waals surface area (Å²) in [5, 5.41) is 5.86. The molecule has 0 spiro atoms. The molecule has 0 radical (unpaired) electrons. The number of aromatic nitrogens is 1. The summed E-state index contributed by atoms with van der Waals surface area (Å²) < 4.78 is 2.31. The maximum atomic E-state index is 3.71. The SMILES string of the molecule is CCCNC(c1ccn(Cc2cccs2)c1)C1CC1. The first kappa shape index (κ1) is 12.9. The molecular weight excluding hydrogens is 252 g/mol. The lowest BCUT2D eigenvalue weighted by Crippen LogP contribution is -2.23. The van der Waals surface area contributed by atoms with Gasteiger partial charge in [0.15, 0.2) is 0 Å². The normalized spacial score (nSPS) is 16.7. The molecule has 0 aliphatic heterocycles. The molecule has 19 heavy (non-hydrogen) atoms. The molecule has 102 valence electrons. The van der Waals surface area contributed by atoms with E-state index in [9.17, 15) is 0 Å². The minimum Gasteiger partial charge on any atom is -0.349 e. The topological polar surface area (TPSA) is 17.0 Å². The molecule has 0 amide bonds. The average Bonchev–Trinajstić information content (AvgIpc) is 2.93. The van der Waals surface area contributed by atoms with Crippen LogP contribution in [0.2, 0.25) is 0 Å². The van der Waals surface area contributed by atoms with E-state index in [-0.39, 0.29) is 0 Å². The van der Waals surface area contributed by atoms with E-state index >= 15 is 0 Å². The minimum absolute atomic E-state index is 0.574. The van der Waals surface area contributed by atoms with Gasteiger partial charge in [0, 0.05) is 23.3 Å². The molecule has 1 saturated carbocycles. The first-order valence-corrected chi connectivity index (χ1v) is 8.16. The van der Waals surface area contributed by atoms with Crippen LogP contribution >= 0.6 is 11.3 Å². The van der Waals surface area contributed by atoms with Crippen molar-refractivity contribution >= 4 is 11.3 Å². The Morgan fingerprint density at radius 3 is 3.00 bits per heavy atom. The Bertz CT molecular complexity index is 497. The molecule has 2 aromatic rings. The van der Waals surface area contributed by atoms with Crippen molar-refractivity contribution in [3.05, 3.63) is 46.4 Å². The molecule has 1 fully saturated rings. The van der Waals surface area contributed by atoms with Crippen LogP contribution < -0.4 is 5.32 Å². The third-order valence-corrected chi connectivity index (χ3v) is 4.62. The van der Waals surface area contributed by atoms with Gasteiger partial charge in [-0.15, -0.1) is 11.3 Å². The van der Waals surface area contributed by atoms with Crippen molar-refractivity contribution in [2.45, 2.75) is 38.8 Å². The van der Waals surface area contributed by atoms with Crippen LogP contribution in [0.15, 0.2) is 36.0 Å². The molecule has 2 nitrogen and oxygen atoms in total. The van der Waals surface area contributed by atoms with E-state index in [1.165, 1.54) is 29.7 Å². The minimum atomic E-state index is 0.574. The number of thiophene rings is 1. The first-order valence-electron chi connectivity index (χ1n) is 7.28. The number of hydrogen-bond donors (Lipinski definition) is 1. The number of rotatable bonds is 7. The third-order valence-electron chi connectivity index (χ3n) is 3.76. The molecule has 3 rings (SSSR count). The summed E-state index contributed by atoms with van der Waals surface area (Å²) >= 11 is 1.83. The Hall–Kier alpha value is -1.06. The fourth-order valence-electron chi connectivity index (χ4n) is 2.61. The van der Waals surface area contributed by atoms with Gasteiger partial charge in [-0.25, -0.2) is 0 Å². The molecule has 0 saturated heterocycles. The second kappa shape index (κ2) is 5.93. The smallest absolute Gasteiger partial charge is 0.0563 e. The molecule has 1 unspecified atom stereocenters. The Kier molecular flexibility index (Phi) is 4.04. The van der Waals surface area contributed by atoms with Crippen molar-refractivity contribution in [2.24, 2.45) is 5.92 Å². The van der Waals surface area contributed by atoms with Gasteiger partial charge in [-0.3, -0.25) is 0 Å². The largest absolute Gasteiger partial charge is 0.349 e. The lowest BCUT2D eigenvalue weighted by atomic mass is 10.1. The van der Waals surface area contributed by atoms with Gasteiger partial charge in [-0.2, -0.15) is 0 Å². The molecule has 0 bridgehead atoms. The lowest BCUT2D eigenvalue weighted by molar-refractivity contribution is 0.480. The van der Waals surface area contributed by atoms with Gasteiger partial charge in [0.05, 0.1) is 6.54 Å². The van der Waals surface area contributed by atoms with E-state index in [2.05, 4.69) is 52.8 Å². The fourth-order valence-corrected chi connectivity index (χ4v) is 3.32. The quantitative estimate of drug-likeness (QED) is 0.806. The zero-order valence-corrected chi connectivity index (χ0v) is 12.3. The predicted octanol–water partition coefficient (Wildman–Crippen LogP) is 4.05. The van der Waals surface area contributed by atoms with E-state index in [1.807, 2.05) is 11.3 Å². The van der Waals surface area contributed by atoms with E-state index in [1.54, 1.807) is 0 Å². The molecule has 1 N–H and O–H groups in total. The van der Waals surface area contributed by atoms with E-state index in [0.717, 1.165) is 19.0 Å². The second-order valence-corrected chi connectivity index (χ2v) is 6.50. The molecule has 2 heterocycles. The van der Waals surface area contributed by atoms with Crippen LogP contribution in [-0.2, 0) is 6.54 Å². The maximum absolute atomic E-state index is 3.71. The summed E-state index contributed by atoms with van der Waals surface area (Å²) in [7, 11) is 0. The molecule has 0 aromatic carbocycles. The van der Waals surface area contributed by atoms with Gasteiger partial charge in [-0.05, 0) is 54.8 Å². The molecule has 1 aliphatic carbocycles. The summed E-state index contributed by atoms with van der Waals surface area (Å²) in [6.07, 6.45) is 8.53. The van der Waals surface area contributed by atoms with Crippen LogP contribution in [0.25, 0.3) is 0 Å². The van der Waals surface area contributed by atoms with Crippen LogP contribution in [0, 0.1) is 5.92 Å². The van der Waals surface area contributed by atoms with E-state index in [4.69, 9.17) is 0 Å². The first-order chi connectivity index (χ1) is 9.36. The number of nitrogens with zero attached hydrogens (tertiary/aromatic N) is 1. The second-order valence-electron chi connectivity index (χ2n) is 5.47. The maximum Gasteiger partial charge on any atom is 0.0563 e. The highest BCUT2D eigenvalue weighted by molar-refractivity contribution is 7.09. The highest BCUT2D eigenvalue weighted by Gasteiger charge is 2.32. The van der Waals surface area contributed by atoms with Crippen LogP contribution in [0.3, 0.4) is 0 Å². The van der Waals surface area contributed by atoms with Crippen LogP contribution in [0.5, 0.6) is 0 Å². The Balaban J connectivity index is 1.68. The summed E-state index contributed by atoms with van der Waals surface area (Å²) in [4.78, 5) is 1.42. The highest BCUT2D eigenvalue weighted by Crippen LogP contribution is 2.41. The van der Waals surface area contributed by atoms with Gasteiger partial charge in [0.25, 0.3) is 0 Å². The zero-order valence-electron chi connectivity index (χ0n) is 11.5. The van der Waals surface area contributed by atoms with Gasteiger partial charge >= 0.3 is 0 Å². The molecule has 1 aliphatic rings. The van der Waals surface area contributed by atoms with E-state index in [0.29, 0.717) is 6.04 Å². The Labute approximate surface area is 119 Å². The van der Waals surface area contributed by atoms with Crippen LogP contribution in [-0.4, -0.2) is 11.1 Å². The van der Waals surface area contributed by atoms with Crippen molar-refractivity contribution < 1.29 is 0 Å². The summed E-state index contributed by atoms with van der Waals surface area (Å²) in [5.41, 5.74) is 1.47.